The average molecular weight is 398 g/mol. The van der Waals surface area contributed by atoms with Crippen molar-refractivity contribution >= 4 is 0 Å². The van der Waals surface area contributed by atoms with Crippen LogP contribution in [-0.4, -0.2) is 26.3 Å². The van der Waals surface area contributed by atoms with Crippen LogP contribution in [0.5, 0.6) is 11.5 Å². The first-order valence-corrected chi connectivity index (χ1v) is 11.3. The second-order valence-electron chi connectivity index (χ2n) is 7.77. The fourth-order valence-corrected chi connectivity index (χ4v) is 3.61. The van der Waals surface area contributed by atoms with Gasteiger partial charge in [-0.1, -0.05) is 75.9 Å². The van der Waals surface area contributed by atoms with E-state index >= 15 is 0 Å². The molecule has 2 rings (SSSR count). The SMILES string of the molecule is CCCCCCC(Cc1ccc(OC)c(OCCc2ccccc2)c1)NCCC. The van der Waals surface area contributed by atoms with E-state index in [1.165, 1.54) is 49.7 Å². The number of hydrogen-bond donors (Lipinski definition) is 1. The van der Waals surface area contributed by atoms with Gasteiger partial charge in [0.05, 0.1) is 13.7 Å². The number of methoxy groups -OCH3 is 1. The Morgan fingerprint density at radius 1 is 0.862 bits per heavy atom. The summed E-state index contributed by atoms with van der Waals surface area (Å²) < 4.78 is 11.6. The summed E-state index contributed by atoms with van der Waals surface area (Å²) in [4.78, 5) is 0. The van der Waals surface area contributed by atoms with Crippen molar-refractivity contribution in [1.29, 1.82) is 0 Å². The van der Waals surface area contributed by atoms with Gasteiger partial charge in [-0.25, -0.2) is 0 Å². The summed E-state index contributed by atoms with van der Waals surface area (Å²) in [5.74, 6) is 1.66. The Bertz CT molecular complexity index is 672. The monoisotopic (exact) mass is 397 g/mol. The molecule has 160 valence electrons. The van der Waals surface area contributed by atoms with E-state index in [4.69, 9.17) is 9.47 Å². The van der Waals surface area contributed by atoms with E-state index in [-0.39, 0.29) is 0 Å². The van der Waals surface area contributed by atoms with Crippen molar-refractivity contribution < 1.29 is 9.47 Å². The third kappa shape index (κ3) is 8.91. The molecule has 1 N–H and O–H groups in total. The van der Waals surface area contributed by atoms with Crippen molar-refractivity contribution in [3.63, 3.8) is 0 Å². The lowest BCUT2D eigenvalue weighted by molar-refractivity contribution is 0.297. The second kappa shape index (κ2) is 14.1. The molecule has 0 amide bonds. The first-order chi connectivity index (χ1) is 14.3. The zero-order chi connectivity index (χ0) is 20.7. The Morgan fingerprint density at radius 3 is 2.41 bits per heavy atom. The van der Waals surface area contributed by atoms with Crippen LogP contribution in [0.2, 0.25) is 0 Å². The maximum Gasteiger partial charge on any atom is 0.161 e. The van der Waals surface area contributed by atoms with Crippen LogP contribution in [-0.2, 0) is 12.8 Å². The minimum atomic E-state index is 0.525. The summed E-state index contributed by atoms with van der Waals surface area (Å²) in [5, 5.41) is 3.74. The Labute approximate surface area is 177 Å². The van der Waals surface area contributed by atoms with Gasteiger partial charge >= 0.3 is 0 Å². The Kier molecular flexibility index (Phi) is 11.3. The molecule has 29 heavy (non-hydrogen) atoms. The molecule has 0 spiro atoms. The molecule has 2 aromatic carbocycles. The van der Waals surface area contributed by atoms with Gasteiger partial charge < -0.3 is 14.8 Å². The smallest absolute Gasteiger partial charge is 0.161 e. The number of hydrogen-bond acceptors (Lipinski definition) is 3. The molecular weight excluding hydrogens is 358 g/mol. The molecule has 0 aliphatic carbocycles. The van der Waals surface area contributed by atoms with Gasteiger partial charge in [0.1, 0.15) is 0 Å². The number of rotatable bonds is 15. The summed E-state index contributed by atoms with van der Waals surface area (Å²) in [6.45, 7) is 6.23. The van der Waals surface area contributed by atoms with E-state index in [1.54, 1.807) is 7.11 Å². The van der Waals surface area contributed by atoms with Gasteiger partial charge in [0.2, 0.25) is 0 Å². The first kappa shape index (κ1) is 23.3. The van der Waals surface area contributed by atoms with E-state index < -0.39 is 0 Å². The highest BCUT2D eigenvalue weighted by Crippen LogP contribution is 2.29. The Balaban J connectivity index is 1.96. The van der Waals surface area contributed by atoms with Gasteiger partial charge in [-0.2, -0.15) is 0 Å². The molecular formula is C26H39NO2. The maximum atomic E-state index is 6.10. The van der Waals surface area contributed by atoms with Gasteiger partial charge in [0.15, 0.2) is 11.5 Å². The minimum absolute atomic E-state index is 0.525. The van der Waals surface area contributed by atoms with Gasteiger partial charge in [-0.3, -0.25) is 0 Å². The quantitative estimate of drug-likeness (QED) is 0.363. The fraction of sp³-hybridized carbons (Fsp3) is 0.538. The molecule has 0 aliphatic heterocycles. The van der Waals surface area contributed by atoms with Gasteiger partial charge in [-0.05, 0) is 49.1 Å². The minimum Gasteiger partial charge on any atom is -0.493 e. The molecule has 1 atom stereocenters. The summed E-state index contributed by atoms with van der Waals surface area (Å²) in [6.07, 6.45) is 9.58. The molecule has 0 fully saturated rings. The highest BCUT2D eigenvalue weighted by atomic mass is 16.5. The van der Waals surface area contributed by atoms with Crippen LogP contribution in [0.3, 0.4) is 0 Å². The van der Waals surface area contributed by atoms with Crippen LogP contribution in [0, 0.1) is 0 Å². The molecule has 0 aliphatic rings. The molecule has 0 radical (unpaired) electrons. The molecule has 0 bridgehead atoms. The zero-order valence-corrected chi connectivity index (χ0v) is 18.6. The predicted octanol–water partition coefficient (Wildman–Crippen LogP) is 6.20. The van der Waals surface area contributed by atoms with Crippen LogP contribution in [0.4, 0.5) is 0 Å². The number of nitrogens with one attached hydrogen (secondary N) is 1. The third-order valence-corrected chi connectivity index (χ3v) is 5.29. The van der Waals surface area contributed by atoms with E-state index in [0.717, 1.165) is 30.9 Å². The van der Waals surface area contributed by atoms with Gasteiger partial charge in [0.25, 0.3) is 0 Å². The fourth-order valence-electron chi connectivity index (χ4n) is 3.61. The van der Waals surface area contributed by atoms with E-state index in [1.807, 2.05) is 12.1 Å². The maximum absolute atomic E-state index is 6.10. The summed E-state index contributed by atoms with van der Waals surface area (Å²) in [7, 11) is 1.71. The summed E-state index contributed by atoms with van der Waals surface area (Å²) >= 11 is 0. The average Bonchev–Trinajstić information content (AvgIpc) is 2.76. The molecule has 0 heterocycles. The summed E-state index contributed by atoms with van der Waals surface area (Å²) in [5.41, 5.74) is 2.60. The lowest BCUT2D eigenvalue weighted by atomic mass is 9.99. The number of unbranched alkanes of at least 4 members (excludes halogenated alkanes) is 3. The van der Waals surface area contributed by atoms with Crippen molar-refractivity contribution in [1.82, 2.24) is 5.32 Å². The van der Waals surface area contributed by atoms with Crippen molar-refractivity contribution in [3.05, 3.63) is 59.7 Å². The molecule has 1 unspecified atom stereocenters. The van der Waals surface area contributed by atoms with Gasteiger partial charge in [-0.15, -0.1) is 0 Å². The van der Waals surface area contributed by atoms with Crippen LogP contribution < -0.4 is 14.8 Å². The molecule has 2 aromatic rings. The molecule has 3 nitrogen and oxygen atoms in total. The van der Waals surface area contributed by atoms with E-state index in [2.05, 4.69) is 55.6 Å². The van der Waals surface area contributed by atoms with Crippen molar-refractivity contribution in [2.75, 3.05) is 20.3 Å². The zero-order valence-electron chi connectivity index (χ0n) is 18.6. The topological polar surface area (TPSA) is 30.5 Å². The number of benzene rings is 2. The molecule has 0 saturated carbocycles. The van der Waals surface area contributed by atoms with Crippen molar-refractivity contribution in [2.45, 2.75) is 71.3 Å². The largest absolute Gasteiger partial charge is 0.493 e. The van der Waals surface area contributed by atoms with E-state index in [0.29, 0.717) is 12.6 Å². The van der Waals surface area contributed by atoms with Crippen LogP contribution in [0.25, 0.3) is 0 Å². The van der Waals surface area contributed by atoms with Crippen molar-refractivity contribution in [2.24, 2.45) is 0 Å². The summed E-state index contributed by atoms with van der Waals surface area (Å²) in [6, 6.07) is 17.4. The lowest BCUT2D eigenvalue weighted by Crippen LogP contribution is -2.31. The van der Waals surface area contributed by atoms with Crippen molar-refractivity contribution in [3.8, 4) is 11.5 Å². The highest BCUT2D eigenvalue weighted by molar-refractivity contribution is 5.43. The Hall–Kier alpha value is -2.00. The Morgan fingerprint density at radius 2 is 1.69 bits per heavy atom. The normalized spacial score (nSPS) is 12.0. The number of ether oxygens (including phenoxy) is 2. The second-order valence-corrected chi connectivity index (χ2v) is 7.77. The van der Waals surface area contributed by atoms with E-state index in [9.17, 15) is 0 Å². The highest BCUT2D eigenvalue weighted by Gasteiger charge is 2.12. The molecule has 0 saturated heterocycles. The third-order valence-electron chi connectivity index (χ3n) is 5.29. The molecule has 0 aromatic heterocycles. The van der Waals surface area contributed by atoms with Crippen LogP contribution in [0.1, 0.15) is 63.5 Å². The van der Waals surface area contributed by atoms with Crippen LogP contribution >= 0.6 is 0 Å². The first-order valence-electron chi connectivity index (χ1n) is 11.3. The predicted molar refractivity (Wildman–Crippen MR) is 123 cm³/mol. The molecule has 3 heteroatoms. The standard InChI is InChI=1S/C26H39NO2/c1-4-6-7-11-14-24(27-18-5-2)20-23-15-16-25(28-3)26(21-23)29-19-17-22-12-9-8-10-13-22/h8-10,12-13,15-16,21,24,27H,4-7,11,14,17-20H2,1-3H3. The van der Waals surface area contributed by atoms with Crippen LogP contribution in [0.15, 0.2) is 48.5 Å². The lowest BCUT2D eigenvalue weighted by Gasteiger charge is -2.20. The van der Waals surface area contributed by atoms with Gasteiger partial charge in [0, 0.05) is 12.5 Å².